The highest BCUT2D eigenvalue weighted by molar-refractivity contribution is 9.10. The molecule has 2 N–H and O–H groups in total. The Morgan fingerprint density at radius 1 is 1.17 bits per heavy atom. The van der Waals surface area contributed by atoms with Crippen LogP contribution in [0.2, 0.25) is 0 Å². The molecule has 5 nitrogen and oxygen atoms in total. The summed E-state index contributed by atoms with van der Waals surface area (Å²) in [4.78, 5) is 17.2. The zero-order chi connectivity index (χ0) is 17.1. The first-order valence-corrected chi connectivity index (χ1v) is 9.60. The smallest absolute Gasteiger partial charge is 0.241 e. The van der Waals surface area contributed by atoms with Gasteiger partial charge >= 0.3 is 0 Å². The Morgan fingerprint density at radius 2 is 1.83 bits per heavy atom. The molecule has 0 saturated carbocycles. The number of hydrogen-bond acceptors (Lipinski definition) is 4. The van der Waals surface area contributed by atoms with E-state index in [4.69, 9.17) is 0 Å². The normalized spacial score (nSPS) is 25.4. The van der Waals surface area contributed by atoms with E-state index in [0.29, 0.717) is 5.92 Å². The molecule has 0 spiro atoms. The van der Waals surface area contributed by atoms with Gasteiger partial charge in [0.1, 0.15) is 6.04 Å². The van der Waals surface area contributed by atoms with E-state index in [1.165, 1.54) is 5.56 Å². The van der Waals surface area contributed by atoms with E-state index in [1.54, 1.807) is 0 Å². The van der Waals surface area contributed by atoms with Crippen molar-refractivity contribution in [3.8, 4) is 0 Å². The second kappa shape index (κ2) is 7.95. The molecule has 1 aromatic carbocycles. The van der Waals surface area contributed by atoms with Gasteiger partial charge in [-0.25, -0.2) is 10.9 Å². The molecule has 132 valence electrons. The molecule has 2 aliphatic rings. The Morgan fingerprint density at radius 3 is 2.46 bits per heavy atom. The lowest BCUT2D eigenvalue weighted by molar-refractivity contribution is -0.135. The average molecular weight is 395 g/mol. The lowest BCUT2D eigenvalue weighted by Crippen LogP contribution is -2.54. The molecule has 2 atom stereocenters. The molecule has 0 bridgehead atoms. The average Bonchev–Trinajstić information content (AvgIpc) is 3.05. The van der Waals surface area contributed by atoms with Crippen molar-refractivity contribution < 1.29 is 4.79 Å². The summed E-state index contributed by atoms with van der Waals surface area (Å²) in [7, 11) is 0. The maximum Gasteiger partial charge on any atom is 0.241 e. The molecule has 2 aliphatic heterocycles. The van der Waals surface area contributed by atoms with E-state index < -0.39 is 0 Å². The van der Waals surface area contributed by atoms with Crippen molar-refractivity contribution in [2.24, 2.45) is 5.92 Å². The van der Waals surface area contributed by atoms with Crippen LogP contribution in [-0.4, -0.2) is 54.5 Å². The fraction of sp³-hybridized carbons (Fsp3) is 0.611. The van der Waals surface area contributed by atoms with Gasteiger partial charge in [-0.05, 0) is 30.0 Å². The largest absolute Gasteiger partial charge is 0.339 e. The van der Waals surface area contributed by atoms with Crippen molar-refractivity contribution in [2.45, 2.75) is 32.4 Å². The van der Waals surface area contributed by atoms with Gasteiger partial charge in [0.05, 0.1) is 0 Å². The number of nitrogens with one attached hydrogen (secondary N) is 2. The molecular formula is C18H27BrN4O. The van der Waals surface area contributed by atoms with E-state index in [2.05, 4.69) is 57.7 Å². The molecule has 1 aromatic rings. The van der Waals surface area contributed by atoms with E-state index in [0.717, 1.165) is 43.6 Å². The molecule has 24 heavy (non-hydrogen) atoms. The summed E-state index contributed by atoms with van der Waals surface area (Å²) in [6, 6.07) is 8.34. The molecule has 0 aliphatic carbocycles. The van der Waals surface area contributed by atoms with Gasteiger partial charge < -0.3 is 4.90 Å². The Bertz CT molecular complexity index is 555. The molecule has 6 heteroatoms. The van der Waals surface area contributed by atoms with Crippen molar-refractivity contribution in [3.05, 3.63) is 34.3 Å². The number of carbonyl (C=O) groups is 1. The molecule has 2 saturated heterocycles. The van der Waals surface area contributed by atoms with Gasteiger partial charge in [0.15, 0.2) is 0 Å². The highest BCUT2D eigenvalue weighted by atomic mass is 79.9. The van der Waals surface area contributed by atoms with Crippen molar-refractivity contribution >= 4 is 21.8 Å². The number of nitrogens with zero attached hydrogens (tertiary/aromatic N) is 2. The van der Waals surface area contributed by atoms with Crippen LogP contribution in [0.3, 0.4) is 0 Å². The minimum Gasteiger partial charge on any atom is -0.339 e. The van der Waals surface area contributed by atoms with Gasteiger partial charge in [-0.15, -0.1) is 0 Å². The number of rotatable bonds is 4. The van der Waals surface area contributed by atoms with Crippen molar-refractivity contribution in [1.82, 2.24) is 20.7 Å². The van der Waals surface area contributed by atoms with Crippen LogP contribution in [-0.2, 0) is 4.79 Å². The summed E-state index contributed by atoms with van der Waals surface area (Å²) in [6.45, 7) is 9.26. The maximum atomic E-state index is 12.8. The Balaban J connectivity index is 1.51. The first-order chi connectivity index (χ1) is 11.5. The van der Waals surface area contributed by atoms with Gasteiger partial charge in [0.25, 0.3) is 0 Å². The lowest BCUT2D eigenvalue weighted by atomic mass is 10.0. The van der Waals surface area contributed by atoms with Crippen molar-refractivity contribution in [3.63, 3.8) is 0 Å². The first-order valence-electron chi connectivity index (χ1n) is 8.80. The number of benzene rings is 1. The summed E-state index contributed by atoms with van der Waals surface area (Å²) in [5.41, 5.74) is 7.68. The molecule has 2 fully saturated rings. The monoisotopic (exact) mass is 394 g/mol. The van der Waals surface area contributed by atoms with Gasteiger partial charge in [-0.3, -0.25) is 9.69 Å². The zero-order valence-corrected chi connectivity index (χ0v) is 16.1. The van der Waals surface area contributed by atoms with E-state index >= 15 is 0 Å². The minimum absolute atomic E-state index is 0.129. The molecule has 0 radical (unpaired) electrons. The second-order valence-electron chi connectivity index (χ2n) is 7.20. The van der Waals surface area contributed by atoms with Crippen molar-refractivity contribution in [2.75, 3.05) is 32.7 Å². The molecule has 2 unspecified atom stereocenters. The fourth-order valence-electron chi connectivity index (χ4n) is 3.52. The molecule has 1 amide bonds. The summed E-state index contributed by atoms with van der Waals surface area (Å²) in [6.07, 6.45) is 0.798. The third-order valence-corrected chi connectivity index (χ3v) is 5.31. The lowest BCUT2D eigenvalue weighted by Gasteiger charge is -2.36. The van der Waals surface area contributed by atoms with E-state index in [-0.39, 0.29) is 18.0 Å². The number of carbonyl (C=O) groups excluding carboxylic acids is 1. The third-order valence-electron chi connectivity index (χ3n) is 4.78. The Hall–Kier alpha value is -0.950. The van der Waals surface area contributed by atoms with Crippen LogP contribution < -0.4 is 10.9 Å². The summed E-state index contributed by atoms with van der Waals surface area (Å²) in [5.74, 6) is 0.908. The van der Waals surface area contributed by atoms with Crippen LogP contribution in [0.15, 0.2) is 28.7 Å². The van der Waals surface area contributed by atoms with Gasteiger partial charge in [-0.1, -0.05) is 41.9 Å². The standard InChI is InChI=1S/C18H27BrN4O/c1-13(2)12-22-7-9-23(10-8-22)18(24)17-11-16(20-21-17)14-3-5-15(19)6-4-14/h3-6,13,16-17,20-21H,7-12H2,1-2H3. The number of piperazine rings is 1. The molecule has 0 aromatic heterocycles. The van der Waals surface area contributed by atoms with Gasteiger partial charge in [0.2, 0.25) is 5.91 Å². The van der Waals surface area contributed by atoms with E-state index in [9.17, 15) is 4.79 Å². The SMILES string of the molecule is CC(C)CN1CCN(C(=O)C2CC(c3ccc(Br)cc3)NN2)CC1. The Kier molecular flexibility index (Phi) is 5.92. The molecule has 2 heterocycles. The van der Waals surface area contributed by atoms with Crippen LogP contribution in [0.25, 0.3) is 0 Å². The predicted octanol–water partition coefficient (Wildman–Crippen LogP) is 2.16. The van der Waals surface area contributed by atoms with Crippen LogP contribution in [0.5, 0.6) is 0 Å². The quantitative estimate of drug-likeness (QED) is 0.821. The summed E-state index contributed by atoms with van der Waals surface area (Å²) >= 11 is 3.46. The number of hydrazine groups is 1. The van der Waals surface area contributed by atoms with Crippen LogP contribution >= 0.6 is 15.9 Å². The second-order valence-corrected chi connectivity index (χ2v) is 8.12. The van der Waals surface area contributed by atoms with Gasteiger partial charge in [-0.2, -0.15) is 0 Å². The number of hydrogen-bond donors (Lipinski definition) is 2. The van der Waals surface area contributed by atoms with E-state index in [1.807, 2.05) is 17.0 Å². The summed E-state index contributed by atoms with van der Waals surface area (Å²) in [5, 5.41) is 0. The molecule has 3 rings (SSSR count). The topological polar surface area (TPSA) is 47.6 Å². The first kappa shape index (κ1) is 17.9. The van der Waals surface area contributed by atoms with Crippen molar-refractivity contribution in [1.29, 1.82) is 0 Å². The van der Waals surface area contributed by atoms with Crippen LogP contribution in [0.4, 0.5) is 0 Å². The highest BCUT2D eigenvalue weighted by Gasteiger charge is 2.34. The number of amides is 1. The maximum absolute atomic E-state index is 12.8. The Labute approximate surface area is 152 Å². The summed E-state index contributed by atoms with van der Waals surface area (Å²) < 4.78 is 1.07. The predicted molar refractivity (Wildman–Crippen MR) is 99.4 cm³/mol. The van der Waals surface area contributed by atoms with Crippen LogP contribution in [0, 0.1) is 5.92 Å². The fourth-order valence-corrected chi connectivity index (χ4v) is 3.78. The minimum atomic E-state index is -0.129. The van der Waals surface area contributed by atoms with Gasteiger partial charge in [0, 0.05) is 43.2 Å². The highest BCUT2D eigenvalue weighted by Crippen LogP contribution is 2.24. The molecular weight excluding hydrogens is 368 g/mol. The number of halogens is 1. The van der Waals surface area contributed by atoms with Crippen LogP contribution in [0.1, 0.15) is 31.9 Å². The zero-order valence-electron chi connectivity index (χ0n) is 14.5. The third kappa shape index (κ3) is 4.36.